The number of methoxy groups -OCH3 is 1. The summed E-state index contributed by atoms with van der Waals surface area (Å²) >= 11 is 0. The van der Waals surface area contributed by atoms with Gasteiger partial charge in [-0.15, -0.1) is 0 Å². The van der Waals surface area contributed by atoms with Crippen LogP contribution in [0.5, 0.6) is 5.75 Å². The minimum absolute atomic E-state index is 0.740. The summed E-state index contributed by atoms with van der Waals surface area (Å²) in [5.74, 6) is 0.872. The molecule has 4 nitrogen and oxygen atoms in total. The lowest BCUT2D eigenvalue weighted by molar-refractivity contribution is 0.414. The Bertz CT molecular complexity index is 673. The summed E-state index contributed by atoms with van der Waals surface area (Å²) in [5.41, 5.74) is 6.60. The van der Waals surface area contributed by atoms with Crippen molar-refractivity contribution in [2.45, 2.75) is 6.54 Å². The monoisotopic (exact) mass is 253 g/mol. The van der Waals surface area contributed by atoms with E-state index in [-0.39, 0.29) is 0 Å². The first-order valence-electron chi connectivity index (χ1n) is 6.16. The van der Waals surface area contributed by atoms with Gasteiger partial charge in [-0.3, -0.25) is 0 Å². The molecule has 0 saturated heterocycles. The van der Waals surface area contributed by atoms with Crippen molar-refractivity contribution < 1.29 is 4.74 Å². The molecule has 0 amide bonds. The zero-order valence-electron chi connectivity index (χ0n) is 10.7. The van der Waals surface area contributed by atoms with Gasteiger partial charge in [0.15, 0.2) is 0 Å². The average molecular weight is 253 g/mol. The molecule has 1 N–H and O–H groups in total. The molecule has 0 spiro atoms. The molecule has 1 aromatic heterocycles. The number of imidazole rings is 1. The Morgan fingerprint density at radius 1 is 1.11 bits per heavy atom. The molecule has 0 saturated carbocycles. The summed E-state index contributed by atoms with van der Waals surface area (Å²) in [6.45, 7) is 0.740. The first kappa shape index (κ1) is 11.6. The maximum Gasteiger partial charge on any atom is 0.118 e. The quantitative estimate of drug-likeness (QED) is 0.777. The lowest BCUT2D eigenvalue weighted by atomic mass is 10.2. The fourth-order valence-corrected chi connectivity index (χ4v) is 2.01. The van der Waals surface area contributed by atoms with E-state index in [1.165, 1.54) is 5.56 Å². The molecule has 19 heavy (non-hydrogen) atoms. The summed E-state index contributed by atoms with van der Waals surface area (Å²) in [5, 5.41) is 0. The van der Waals surface area contributed by atoms with E-state index in [9.17, 15) is 0 Å². The number of hydrogen-bond acceptors (Lipinski definition) is 3. The molecular weight excluding hydrogens is 238 g/mol. The molecule has 3 aromatic rings. The summed E-state index contributed by atoms with van der Waals surface area (Å²) < 4.78 is 7.09. The number of nitrogens with one attached hydrogen (secondary N) is 1. The topological polar surface area (TPSA) is 39.1 Å². The predicted octanol–water partition coefficient (Wildman–Crippen LogP) is 2.79. The SMILES string of the molecule is COc1ccc(CNn2cnc3ccccc32)cc1. The molecule has 0 fully saturated rings. The highest BCUT2D eigenvalue weighted by Crippen LogP contribution is 2.13. The van der Waals surface area contributed by atoms with Gasteiger partial charge in [-0.2, -0.15) is 0 Å². The minimum atomic E-state index is 0.740. The summed E-state index contributed by atoms with van der Waals surface area (Å²) in [7, 11) is 1.67. The Labute approximate surface area is 111 Å². The van der Waals surface area contributed by atoms with Gasteiger partial charge in [-0.05, 0) is 29.8 Å². The van der Waals surface area contributed by atoms with E-state index in [0.29, 0.717) is 0 Å². The predicted molar refractivity (Wildman–Crippen MR) is 75.8 cm³/mol. The molecule has 0 unspecified atom stereocenters. The second-order valence-corrected chi connectivity index (χ2v) is 4.29. The highest BCUT2D eigenvalue weighted by molar-refractivity contribution is 5.75. The Morgan fingerprint density at radius 3 is 2.68 bits per heavy atom. The summed E-state index contributed by atoms with van der Waals surface area (Å²) in [6.07, 6.45) is 1.80. The van der Waals surface area contributed by atoms with Crippen molar-refractivity contribution in [2.24, 2.45) is 0 Å². The smallest absolute Gasteiger partial charge is 0.118 e. The molecule has 0 radical (unpaired) electrons. The number of fused-ring (bicyclic) bond motifs is 1. The Hall–Kier alpha value is -2.49. The van der Waals surface area contributed by atoms with Crippen molar-refractivity contribution >= 4 is 11.0 Å². The van der Waals surface area contributed by atoms with Crippen molar-refractivity contribution in [1.82, 2.24) is 9.66 Å². The van der Waals surface area contributed by atoms with Crippen LogP contribution in [-0.2, 0) is 6.54 Å². The third-order valence-electron chi connectivity index (χ3n) is 3.07. The number of para-hydroxylation sites is 2. The molecule has 1 heterocycles. The molecule has 2 aromatic carbocycles. The zero-order chi connectivity index (χ0) is 13.1. The van der Waals surface area contributed by atoms with Crippen LogP contribution < -0.4 is 10.2 Å². The van der Waals surface area contributed by atoms with E-state index in [4.69, 9.17) is 4.74 Å². The van der Waals surface area contributed by atoms with E-state index >= 15 is 0 Å². The zero-order valence-corrected chi connectivity index (χ0v) is 10.7. The number of nitrogens with zero attached hydrogens (tertiary/aromatic N) is 2. The maximum atomic E-state index is 5.14. The van der Waals surface area contributed by atoms with Gasteiger partial charge >= 0.3 is 0 Å². The van der Waals surface area contributed by atoms with Crippen LogP contribution in [-0.4, -0.2) is 16.8 Å². The summed E-state index contributed by atoms with van der Waals surface area (Å²) in [6, 6.07) is 16.1. The highest BCUT2D eigenvalue weighted by Gasteiger charge is 2.00. The summed E-state index contributed by atoms with van der Waals surface area (Å²) in [4.78, 5) is 4.34. The number of benzene rings is 2. The Morgan fingerprint density at radius 2 is 1.89 bits per heavy atom. The lowest BCUT2D eigenvalue weighted by Crippen LogP contribution is -2.12. The van der Waals surface area contributed by atoms with Gasteiger partial charge in [-0.1, -0.05) is 24.3 Å². The van der Waals surface area contributed by atoms with E-state index in [0.717, 1.165) is 23.3 Å². The van der Waals surface area contributed by atoms with Gasteiger partial charge in [0.05, 0.1) is 24.7 Å². The van der Waals surface area contributed by atoms with Crippen LogP contribution in [0.15, 0.2) is 54.9 Å². The van der Waals surface area contributed by atoms with Crippen molar-refractivity contribution in [3.05, 3.63) is 60.4 Å². The highest BCUT2D eigenvalue weighted by atomic mass is 16.5. The second-order valence-electron chi connectivity index (χ2n) is 4.29. The second kappa shape index (κ2) is 5.02. The fraction of sp³-hybridized carbons (Fsp3) is 0.133. The largest absolute Gasteiger partial charge is 0.497 e. The van der Waals surface area contributed by atoms with Crippen LogP contribution in [0.2, 0.25) is 0 Å². The Kier molecular flexibility index (Phi) is 3.06. The standard InChI is InChI=1S/C15H15N3O/c1-19-13-8-6-12(7-9-13)10-17-18-11-16-14-4-2-3-5-15(14)18/h2-9,11,17H,10H2,1H3. The van der Waals surface area contributed by atoms with E-state index in [1.54, 1.807) is 13.4 Å². The van der Waals surface area contributed by atoms with Gasteiger partial charge in [0.2, 0.25) is 0 Å². The van der Waals surface area contributed by atoms with Gasteiger partial charge in [0, 0.05) is 0 Å². The molecule has 4 heteroatoms. The molecule has 0 atom stereocenters. The van der Waals surface area contributed by atoms with Crippen molar-refractivity contribution in [2.75, 3.05) is 12.5 Å². The molecule has 96 valence electrons. The van der Waals surface area contributed by atoms with Crippen LogP contribution in [0.3, 0.4) is 0 Å². The van der Waals surface area contributed by atoms with Crippen molar-refractivity contribution in [3.8, 4) is 5.75 Å². The fourth-order valence-electron chi connectivity index (χ4n) is 2.01. The van der Waals surface area contributed by atoms with Gasteiger partial charge in [0.25, 0.3) is 0 Å². The van der Waals surface area contributed by atoms with Gasteiger partial charge < -0.3 is 10.2 Å². The van der Waals surface area contributed by atoms with Crippen LogP contribution in [0.1, 0.15) is 5.56 Å². The number of ether oxygens (including phenoxy) is 1. The van der Waals surface area contributed by atoms with Crippen LogP contribution in [0.25, 0.3) is 11.0 Å². The van der Waals surface area contributed by atoms with Crippen LogP contribution in [0.4, 0.5) is 0 Å². The van der Waals surface area contributed by atoms with E-state index in [2.05, 4.69) is 10.4 Å². The minimum Gasteiger partial charge on any atom is -0.497 e. The van der Waals surface area contributed by atoms with Crippen molar-refractivity contribution in [3.63, 3.8) is 0 Å². The van der Waals surface area contributed by atoms with Gasteiger partial charge in [0.1, 0.15) is 12.1 Å². The molecular formula is C15H15N3O. The van der Waals surface area contributed by atoms with Crippen LogP contribution in [0, 0.1) is 0 Å². The first-order chi connectivity index (χ1) is 9.36. The first-order valence-corrected chi connectivity index (χ1v) is 6.16. The normalized spacial score (nSPS) is 10.6. The van der Waals surface area contributed by atoms with Crippen molar-refractivity contribution in [1.29, 1.82) is 0 Å². The number of aromatic nitrogens is 2. The lowest BCUT2D eigenvalue weighted by Gasteiger charge is -2.09. The number of hydrogen-bond donors (Lipinski definition) is 1. The third-order valence-corrected chi connectivity index (χ3v) is 3.07. The van der Waals surface area contributed by atoms with Crippen LogP contribution >= 0.6 is 0 Å². The molecule has 3 rings (SSSR count). The van der Waals surface area contributed by atoms with Gasteiger partial charge in [-0.25, -0.2) is 9.66 Å². The molecule has 0 aliphatic carbocycles. The number of rotatable bonds is 4. The molecule has 0 aliphatic heterocycles. The Balaban J connectivity index is 1.74. The average Bonchev–Trinajstić information content (AvgIpc) is 2.89. The van der Waals surface area contributed by atoms with E-state index in [1.807, 2.05) is 53.2 Å². The third kappa shape index (κ3) is 2.38. The molecule has 0 bridgehead atoms. The maximum absolute atomic E-state index is 5.14. The molecule has 0 aliphatic rings. The van der Waals surface area contributed by atoms with E-state index < -0.39 is 0 Å².